The normalized spacial score (nSPS) is 14.3. The number of hydrogen-bond donors (Lipinski definition) is 1. The third kappa shape index (κ3) is 4.11. The molecule has 0 spiro atoms. The summed E-state index contributed by atoms with van der Waals surface area (Å²) in [5, 5.41) is 2.99. The van der Waals surface area contributed by atoms with E-state index in [0.29, 0.717) is 0 Å². The van der Waals surface area contributed by atoms with Gasteiger partial charge in [-0.15, -0.1) is 23.7 Å². The van der Waals surface area contributed by atoms with Gasteiger partial charge < -0.3 is 5.32 Å². The van der Waals surface area contributed by atoms with Crippen molar-refractivity contribution < 1.29 is 4.79 Å². The van der Waals surface area contributed by atoms with Crippen LogP contribution < -0.4 is 5.32 Å². The highest BCUT2D eigenvalue weighted by molar-refractivity contribution is 7.14. The zero-order chi connectivity index (χ0) is 13.5. The monoisotopic (exact) mass is 275 g/mol. The minimum Gasteiger partial charge on any atom is -0.351 e. The van der Waals surface area contributed by atoms with Crippen molar-refractivity contribution in [1.29, 1.82) is 0 Å². The lowest BCUT2D eigenvalue weighted by molar-refractivity contribution is 0.0957. The first kappa shape index (κ1) is 14.1. The molecule has 0 aromatic carbocycles. The number of carbonyl (C=O) groups is 1. The van der Waals surface area contributed by atoms with Gasteiger partial charge in [0.2, 0.25) is 0 Å². The molecule has 102 valence electrons. The molecule has 1 aromatic rings. The van der Waals surface area contributed by atoms with E-state index in [-0.39, 0.29) is 5.91 Å². The number of terminal acetylenes is 1. The van der Waals surface area contributed by atoms with Crippen LogP contribution in [0.1, 0.15) is 58.6 Å². The van der Waals surface area contributed by atoms with Gasteiger partial charge in [0.05, 0.1) is 4.88 Å². The Morgan fingerprint density at radius 3 is 3.00 bits per heavy atom. The van der Waals surface area contributed by atoms with Crippen LogP contribution >= 0.6 is 11.3 Å². The Bertz CT molecular complexity index is 446. The van der Waals surface area contributed by atoms with E-state index in [0.717, 1.165) is 43.5 Å². The Balaban J connectivity index is 1.84. The van der Waals surface area contributed by atoms with E-state index in [4.69, 9.17) is 6.42 Å². The molecule has 1 N–H and O–H groups in total. The molecule has 1 amide bonds. The van der Waals surface area contributed by atoms with Gasteiger partial charge in [-0.1, -0.05) is 6.42 Å². The molecule has 1 aliphatic rings. The number of rotatable bonds is 5. The first-order valence-corrected chi connectivity index (χ1v) is 7.96. The van der Waals surface area contributed by atoms with Crippen LogP contribution in [0.25, 0.3) is 0 Å². The van der Waals surface area contributed by atoms with Crippen LogP contribution in [0.4, 0.5) is 0 Å². The Morgan fingerprint density at radius 2 is 2.16 bits per heavy atom. The highest BCUT2D eigenvalue weighted by Gasteiger charge is 2.15. The summed E-state index contributed by atoms with van der Waals surface area (Å²) in [6.07, 6.45) is 14.1. The Morgan fingerprint density at radius 1 is 1.32 bits per heavy atom. The third-order valence-corrected chi connectivity index (χ3v) is 4.74. The molecule has 2 rings (SSSR count). The number of fused-ring (bicyclic) bond motifs is 1. The highest BCUT2D eigenvalue weighted by atomic mass is 32.1. The summed E-state index contributed by atoms with van der Waals surface area (Å²) in [7, 11) is 0. The van der Waals surface area contributed by atoms with E-state index >= 15 is 0 Å². The summed E-state index contributed by atoms with van der Waals surface area (Å²) in [4.78, 5) is 14.3. The number of nitrogens with one attached hydrogen (secondary N) is 1. The largest absolute Gasteiger partial charge is 0.351 e. The van der Waals surface area contributed by atoms with Gasteiger partial charge in [-0.2, -0.15) is 0 Å². The van der Waals surface area contributed by atoms with Crippen molar-refractivity contribution in [3.63, 3.8) is 0 Å². The molecule has 0 fully saturated rings. The van der Waals surface area contributed by atoms with Crippen LogP contribution in [0.2, 0.25) is 0 Å². The van der Waals surface area contributed by atoms with Gasteiger partial charge in [-0.25, -0.2) is 0 Å². The summed E-state index contributed by atoms with van der Waals surface area (Å²) in [6.45, 7) is 0.725. The molecule has 2 nitrogen and oxygen atoms in total. The summed E-state index contributed by atoms with van der Waals surface area (Å²) >= 11 is 1.68. The van der Waals surface area contributed by atoms with E-state index in [2.05, 4.69) is 17.3 Å². The van der Waals surface area contributed by atoms with E-state index in [1.165, 1.54) is 29.7 Å². The molecule has 1 heterocycles. The Kier molecular flexibility index (Phi) is 5.47. The minimum absolute atomic E-state index is 0.0822. The first-order chi connectivity index (χ1) is 9.31. The number of carbonyl (C=O) groups excluding carboxylic acids is 1. The molecule has 3 heteroatoms. The predicted molar refractivity (Wildman–Crippen MR) is 80.6 cm³/mol. The minimum atomic E-state index is 0.0822. The van der Waals surface area contributed by atoms with Crippen LogP contribution in [-0.4, -0.2) is 12.5 Å². The second-order valence-corrected chi connectivity index (χ2v) is 6.17. The summed E-state index contributed by atoms with van der Waals surface area (Å²) in [6, 6.07) is 2.10. The van der Waals surface area contributed by atoms with Gasteiger partial charge in [0.1, 0.15) is 0 Å². The number of unbranched alkanes of at least 4 members (excludes halogenated alkanes) is 2. The molecule has 0 atom stereocenters. The van der Waals surface area contributed by atoms with E-state index in [1.807, 2.05) is 0 Å². The average molecular weight is 275 g/mol. The van der Waals surface area contributed by atoms with Crippen molar-refractivity contribution in [3.8, 4) is 12.3 Å². The average Bonchev–Trinajstić information content (AvgIpc) is 2.70. The molecule has 0 saturated carbocycles. The zero-order valence-corrected chi connectivity index (χ0v) is 12.2. The van der Waals surface area contributed by atoms with Crippen molar-refractivity contribution >= 4 is 17.2 Å². The molecule has 0 unspecified atom stereocenters. The van der Waals surface area contributed by atoms with Gasteiger partial charge in [-0.3, -0.25) is 4.79 Å². The van der Waals surface area contributed by atoms with E-state index in [9.17, 15) is 4.79 Å². The van der Waals surface area contributed by atoms with E-state index < -0.39 is 0 Å². The number of hydrogen-bond acceptors (Lipinski definition) is 2. The first-order valence-electron chi connectivity index (χ1n) is 7.14. The molecule has 0 saturated heterocycles. The van der Waals surface area contributed by atoms with Gasteiger partial charge >= 0.3 is 0 Å². The number of amides is 1. The SMILES string of the molecule is C#CCCCCNC(=O)c1cc2c(s1)CCCCC2. The second-order valence-electron chi connectivity index (χ2n) is 5.04. The lowest BCUT2D eigenvalue weighted by atomic mass is 10.1. The van der Waals surface area contributed by atoms with Crippen LogP contribution in [0.3, 0.4) is 0 Å². The van der Waals surface area contributed by atoms with Crippen molar-refractivity contribution in [2.24, 2.45) is 0 Å². The molecule has 0 aliphatic heterocycles. The summed E-state index contributed by atoms with van der Waals surface area (Å²) in [5.41, 5.74) is 1.40. The maximum absolute atomic E-state index is 12.0. The second kappa shape index (κ2) is 7.35. The van der Waals surface area contributed by atoms with Gasteiger partial charge in [0.15, 0.2) is 0 Å². The number of aryl methyl sites for hydroxylation is 2. The van der Waals surface area contributed by atoms with Crippen LogP contribution in [0.5, 0.6) is 0 Å². The van der Waals surface area contributed by atoms with Crippen LogP contribution in [-0.2, 0) is 12.8 Å². The molecule has 1 aromatic heterocycles. The molecular formula is C16H21NOS. The molecule has 0 radical (unpaired) electrons. The molecular weight excluding hydrogens is 254 g/mol. The lowest BCUT2D eigenvalue weighted by Crippen LogP contribution is -2.23. The molecule has 19 heavy (non-hydrogen) atoms. The third-order valence-electron chi connectivity index (χ3n) is 3.50. The van der Waals surface area contributed by atoms with Crippen molar-refractivity contribution in [1.82, 2.24) is 5.32 Å². The fourth-order valence-corrected chi connectivity index (χ4v) is 3.59. The van der Waals surface area contributed by atoms with Crippen molar-refractivity contribution in [2.75, 3.05) is 6.54 Å². The molecule has 0 bridgehead atoms. The van der Waals surface area contributed by atoms with Gasteiger partial charge in [0.25, 0.3) is 5.91 Å². The standard InChI is InChI=1S/C16H21NOS/c1-2-3-4-8-11-17-16(18)15-12-13-9-6-5-7-10-14(13)19-15/h1,12H,3-11H2,(H,17,18). The highest BCUT2D eigenvalue weighted by Crippen LogP contribution is 2.28. The maximum Gasteiger partial charge on any atom is 0.261 e. The predicted octanol–water partition coefficient (Wildman–Crippen LogP) is 3.55. The molecule has 1 aliphatic carbocycles. The quantitative estimate of drug-likeness (QED) is 0.497. The van der Waals surface area contributed by atoms with Crippen LogP contribution in [0, 0.1) is 12.3 Å². The topological polar surface area (TPSA) is 29.1 Å². The Labute approximate surface area is 119 Å². The maximum atomic E-state index is 12.0. The van der Waals surface area contributed by atoms with E-state index in [1.54, 1.807) is 11.3 Å². The zero-order valence-electron chi connectivity index (χ0n) is 11.3. The summed E-state index contributed by atoms with van der Waals surface area (Å²) < 4.78 is 0. The summed E-state index contributed by atoms with van der Waals surface area (Å²) in [5.74, 6) is 2.70. The Hall–Kier alpha value is -1.27. The van der Waals surface area contributed by atoms with Gasteiger partial charge in [0, 0.05) is 17.8 Å². The van der Waals surface area contributed by atoms with Crippen molar-refractivity contribution in [2.45, 2.75) is 51.4 Å². The number of thiophene rings is 1. The fourth-order valence-electron chi connectivity index (χ4n) is 2.42. The van der Waals surface area contributed by atoms with Crippen molar-refractivity contribution in [3.05, 3.63) is 21.4 Å². The smallest absolute Gasteiger partial charge is 0.261 e. The fraction of sp³-hybridized carbons (Fsp3) is 0.562. The lowest BCUT2D eigenvalue weighted by Gasteiger charge is -2.02. The van der Waals surface area contributed by atoms with Gasteiger partial charge in [-0.05, 0) is 50.2 Å². The van der Waals surface area contributed by atoms with Crippen LogP contribution in [0.15, 0.2) is 6.07 Å².